The van der Waals surface area contributed by atoms with Gasteiger partial charge in [0.25, 0.3) is 0 Å². The molecule has 1 aromatic rings. The molecule has 4 heteroatoms. The standard InChI is InChI=1S/C9H7BrClFO/c1-5-6(10)2-3-7(12)9(5)8(13)4-11/h2-3H,4H2,1H3. The monoisotopic (exact) mass is 264 g/mol. The van der Waals surface area contributed by atoms with Crippen molar-refractivity contribution in [3.8, 4) is 0 Å². The van der Waals surface area contributed by atoms with Crippen molar-refractivity contribution in [2.45, 2.75) is 6.92 Å². The third kappa shape index (κ3) is 2.09. The Morgan fingerprint density at radius 2 is 2.23 bits per heavy atom. The topological polar surface area (TPSA) is 17.1 Å². The Hall–Kier alpha value is -0.410. The number of hydrogen-bond donors (Lipinski definition) is 0. The zero-order valence-electron chi connectivity index (χ0n) is 6.90. The Kier molecular flexibility index (Phi) is 3.45. The first kappa shape index (κ1) is 10.7. The molecule has 1 aromatic carbocycles. The molecule has 1 rings (SSSR count). The normalized spacial score (nSPS) is 10.2. The van der Waals surface area contributed by atoms with Crippen LogP contribution < -0.4 is 0 Å². The van der Waals surface area contributed by atoms with Crippen LogP contribution in [0.2, 0.25) is 0 Å². The molecule has 0 unspecified atom stereocenters. The van der Waals surface area contributed by atoms with Gasteiger partial charge in [-0.2, -0.15) is 0 Å². The van der Waals surface area contributed by atoms with Gasteiger partial charge < -0.3 is 0 Å². The number of hydrogen-bond acceptors (Lipinski definition) is 1. The predicted octanol–water partition coefficient (Wildman–Crippen LogP) is 3.32. The third-order valence-electron chi connectivity index (χ3n) is 1.75. The van der Waals surface area contributed by atoms with E-state index in [1.165, 1.54) is 6.07 Å². The van der Waals surface area contributed by atoms with Gasteiger partial charge in [-0.15, -0.1) is 11.6 Å². The Balaban J connectivity index is 3.33. The molecule has 0 aliphatic rings. The maximum absolute atomic E-state index is 13.2. The highest BCUT2D eigenvalue weighted by atomic mass is 79.9. The van der Waals surface area contributed by atoms with E-state index in [-0.39, 0.29) is 11.4 Å². The molecule has 0 saturated carbocycles. The van der Waals surface area contributed by atoms with Gasteiger partial charge in [0.05, 0.1) is 11.4 Å². The van der Waals surface area contributed by atoms with E-state index in [2.05, 4.69) is 15.9 Å². The first-order valence-corrected chi connectivity index (χ1v) is 4.94. The van der Waals surface area contributed by atoms with Crippen molar-refractivity contribution >= 4 is 33.3 Å². The second kappa shape index (κ2) is 4.20. The summed E-state index contributed by atoms with van der Waals surface area (Å²) in [5, 5.41) is 0. The van der Waals surface area contributed by atoms with Gasteiger partial charge in [0.15, 0.2) is 5.78 Å². The molecular weight excluding hydrogens is 258 g/mol. The lowest BCUT2D eigenvalue weighted by Crippen LogP contribution is -2.06. The van der Waals surface area contributed by atoms with Gasteiger partial charge in [0.2, 0.25) is 0 Å². The largest absolute Gasteiger partial charge is 0.293 e. The van der Waals surface area contributed by atoms with E-state index in [0.717, 1.165) is 0 Å². The van der Waals surface area contributed by atoms with Crippen molar-refractivity contribution in [1.29, 1.82) is 0 Å². The van der Waals surface area contributed by atoms with Crippen LogP contribution in [0.25, 0.3) is 0 Å². The molecule has 0 amide bonds. The van der Waals surface area contributed by atoms with Gasteiger partial charge in [0.1, 0.15) is 5.82 Å². The highest BCUT2D eigenvalue weighted by Gasteiger charge is 2.15. The van der Waals surface area contributed by atoms with Crippen LogP contribution in [0.4, 0.5) is 4.39 Å². The maximum atomic E-state index is 13.2. The van der Waals surface area contributed by atoms with Gasteiger partial charge in [0, 0.05) is 4.47 Å². The molecule has 0 aliphatic carbocycles. The summed E-state index contributed by atoms with van der Waals surface area (Å²) in [6, 6.07) is 2.81. The second-order valence-corrected chi connectivity index (χ2v) is 3.71. The number of benzene rings is 1. The lowest BCUT2D eigenvalue weighted by atomic mass is 10.1. The first-order valence-electron chi connectivity index (χ1n) is 3.61. The van der Waals surface area contributed by atoms with Crippen LogP contribution in [-0.4, -0.2) is 11.7 Å². The smallest absolute Gasteiger partial charge is 0.180 e. The van der Waals surface area contributed by atoms with Crippen molar-refractivity contribution in [2.24, 2.45) is 0 Å². The van der Waals surface area contributed by atoms with Gasteiger partial charge >= 0.3 is 0 Å². The SMILES string of the molecule is Cc1c(Br)ccc(F)c1C(=O)CCl. The van der Waals surface area contributed by atoms with E-state index in [9.17, 15) is 9.18 Å². The third-order valence-corrected chi connectivity index (χ3v) is 2.85. The number of halogens is 3. The van der Waals surface area contributed by atoms with E-state index in [4.69, 9.17) is 11.6 Å². The summed E-state index contributed by atoms with van der Waals surface area (Å²) in [4.78, 5) is 11.2. The molecule has 0 atom stereocenters. The molecule has 0 aromatic heterocycles. The van der Waals surface area contributed by atoms with Gasteiger partial charge in [-0.3, -0.25) is 4.79 Å². The summed E-state index contributed by atoms with van der Waals surface area (Å²) in [6.45, 7) is 1.67. The zero-order chi connectivity index (χ0) is 10.0. The highest BCUT2D eigenvalue weighted by molar-refractivity contribution is 9.10. The molecule has 0 aliphatic heterocycles. The molecule has 0 spiro atoms. The number of carbonyl (C=O) groups is 1. The summed E-state index contributed by atoms with van der Waals surface area (Å²) in [7, 11) is 0. The van der Waals surface area contributed by atoms with Crippen molar-refractivity contribution < 1.29 is 9.18 Å². The summed E-state index contributed by atoms with van der Waals surface area (Å²) >= 11 is 8.57. The molecule has 0 saturated heterocycles. The summed E-state index contributed by atoms with van der Waals surface area (Å²) in [5.41, 5.74) is 0.662. The molecule has 0 fully saturated rings. The zero-order valence-corrected chi connectivity index (χ0v) is 9.25. The van der Waals surface area contributed by atoms with Crippen LogP contribution in [-0.2, 0) is 0 Å². The molecule has 0 N–H and O–H groups in total. The van der Waals surface area contributed by atoms with Crippen molar-refractivity contribution in [3.63, 3.8) is 0 Å². The predicted molar refractivity (Wildman–Crippen MR) is 53.9 cm³/mol. The van der Waals surface area contributed by atoms with Crippen LogP contribution in [0.3, 0.4) is 0 Å². The fourth-order valence-electron chi connectivity index (χ4n) is 1.06. The minimum Gasteiger partial charge on any atom is -0.293 e. The number of rotatable bonds is 2. The Morgan fingerprint density at radius 3 is 2.77 bits per heavy atom. The highest BCUT2D eigenvalue weighted by Crippen LogP contribution is 2.22. The van der Waals surface area contributed by atoms with Crippen LogP contribution in [0.5, 0.6) is 0 Å². The summed E-state index contributed by atoms with van der Waals surface area (Å²) in [6.07, 6.45) is 0. The fourth-order valence-corrected chi connectivity index (χ4v) is 1.53. The van der Waals surface area contributed by atoms with E-state index >= 15 is 0 Å². The first-order chi connectivity index (χ1) is 6.07. The van der Waals surface area contributed by atoms with Crippen molar-refractivity contribution in [2.75, 3.05) is 5.88 Å². The number of alkyl halides is 1. The van der Waals surface area contributed by atoms with Gasteiger partial charge in [-0.25, -0.2) is 4.39 Å². The quantitative estimate of drug-likeness (QED) is 0.592. The summed E-state index contributed by atoms with van der Waals surface area (Å²) in [5.74, 6) is -1.11. The molecule has 13 heavy (non-hydrogen) atoms. The van der Waals surface area contributed by atoms with Crippen LogP contribution in [0.1, 0.15) is 15.9 Å². The molecule has 70 valence electrons. The Labute approximate surface area is 89.0 Å². The van der Waals surface area contributed by atoms with Gasteiger partial charge in [-0.05, 0) is 24.6 Å². The average molecular weight is 266 g/mol. The molecule has 0 heterocycles. The summed E-state index contributed by atoms with van der Waals surface area (Å²) < 4.78 is 13.9. The van der Waals surface area contributed by atoms with E-state index in [1.807, 2.05) is 0 Å². The Morgan fingerprint density at radius 1 is 1.62 bits per heavy atom. The molecular formula is C9H7BrClFO. The lowest BCUT2D eigenvalue weighted by Gasteiger charge is -2.05. The number of ketones is 1. The average Bonchev–Trinajstić information content (AvgIpc) is 2.12. The van der Waals surface area contributed by atoms with Gasteiger partial charge in [-0.1, -0.05) is 15.9 Å². The number of Topliss-reactive ketones (excluding diaryl/α,β-unsaturated/α-hetero) is 1. The second-order valence-electron chi connectivity index (χ2n) is 2.59. The maximum Gasteiger partial charge on any atom is 0.180 e. The van der Waals surface area contributed by atoms with E-state index < -0.39 is 11.6 Å². The number of carbonyl (C=O) groups excluding carboxylic acids is 1. The molecule has 0 radical (unpaired) electrons. The Bertz CT molecular complexity index is 352. The van der Waals surface area contributed by atoms with Crippen LogP contribution in [0, 0.1) is 12.7 Å². The molecule has 0 bridgehead atoms. The van der Waals surface area contributed by atoms with E-state index in [1.54, 1.807) is 13.0 Å². The minimum atomic E-state index is -0.522. The lowest BCUT2D eigenvalue weighted by molar-refractivity contribution is 0.101. The molecule has 1 nitrogen and oxygen atoms in total. The minimum absolute atomic E-state index is 0.0735. The fraction of sp³-hybridized carbons (Fsp3) is 0.222. The van der Waals surface area contributed by atoms with E-state index in [0.29, 0.717) is 10.0 Å². The van der Waals surface area contributed by atoms with Crippen LogP contribution >= 0.6 is 27.5 Å². The van der Waals surface area contributed by atoms with Crippen LogP contribution in [0.15, 0.2) is 16.6 Å². The van der Waals surface area contributed by atoms with Crippen molar-refractivity contribution in [1.82, 2.24) is 0 Å². The van der Waals surface area contributed by atoms with Crippen molar-refractivity contribution in [3.05, 3.63) is 33.5 Å².